The summed E-state index contributed by atoms with van der Waals surface area (Å²) in [6.07, 6.45) is 2.30. The molecule has 0 spiro atoms. The number of piperidine rings is 1. The van der Waals surface area contributed by atoms with Crippen LogP contribution in [0.4, 0.5) is 5.69 Å². The number of rotatable bonds is 7. The summed E-state index contributed by atoms with van der Waals surface area (Å²) in [6, 6.07) is 23.6. The zero-order valence-corrected chi connectivity index (χ0v) is 20.1. The van der Waals surface area contributed by atoms with Crippen molar-refractivity contribution < 1.29 is 14.4 Å². The highest BCUT2D eigenvalue weighted by molar-refractivity contribution is 6.34. The van der Waals surface area contributed by atoms with Gasteiger partial charge in [0.1, 0.15) is 0 Å². The van der Waals surface area contributed by atoms with Gasteiger partial charge in [0.25, 0.3) is 11.8 Å². The van der Waals surface area contributed by atoms with Crippen LogP contribution in [-0.4, -0.2) is 42.3 Å². The smallest absolute Gasteiger partial charge is 0.257 e. The van der Waals surface area contributed by atoms with Gasteiger partial charge >= 0.3 is 0 Å². The Hall–Kier alpha value is -3.64. The molecule has 1 aliphatic heterocycles. The number of hydrogen-bond donors (Lipinski definition) is 2. The van der Waals surface area contributed by atoms with Gasteiger partial charge in [-0.05, 0) is 55.2 Å². The van der Waals surface area contributed by atoms with Gasteiger partial charge in [0.15, 0.2) is 0 Å². The summed E-state index contributed by atoms with van der Waals surface area (Å²) >= 11 is 6.12. The third-order valence-electron chi connectivity index (χ3n) is 6.12. The summed E-state index contributed by atoms with van der Waals surface area (Å²) in [7, 11) is 0. The summed E-state index contributed by atoms with van der Waals surface area (Å²) in [6.45, 7) is 1.55. The summed E-state index contributed by atoms with van der Waals surface area (Å²) in [5.74, 6) is -0.739. The summed E-state index contributed by atoms with van der Waals surface area (Å²) in [5.41, 5.74) is 2.51. The first-order valence-corrected chi connectivity index (χ1v) is 12.2. The lowest BCUT2D eigenvalue weighted by molar-refractivity contribution is -0.126. The van der Waals surface area contributed by atoms with Crippen molar-refractivity contribution >= 4 is 35.0 Å². The van der Waals surface area contributed by atoms with E-state index < -0.39 is 0 Å². The molecular weight excluding hydrogens is 462 g/mol. The fraction of sp³-hybridized carbons (Fsp3) is 0.250. The molecule has 0 saturated carbocycles. The van der Waals surface area contributed by atoms with Gasteiger partial charge in [0.05, 0.1) is 16.5 Å². The van der Waals surface area contributed by atoms with Crippen molar-refractivity contribution in [2.75, 3.05) is 25.0 Å². The van der Waals surface area contributed by atoms with Gasteiger partial charge < -0.3 is 15.5 Å². The molecule has 3 aromatic rings. The number of nitrogens with one attached hydrogen (secondary N) is 2. The molecule has 3 aromatic carbocycles. The largest absolute Gasteiger partial charge is 0.355 e. The highest BCUT2D eigenvalue weighted by Gasteiger charge is 2.29. The van der Waals surface area contributed by atoms with Crippen molar-refractivity contribution in [3.8, 4) is 0 Å². The Balaban J connectivity index is 1.34. The Morgan fingerprint density at radius 1 is 0.943 bits per heavy atom. The second-order valence-corrected chi connectivity index (χ2v) is 9.04. The maximum Gasteiger partial charge on any atom is 0.257 e. The Kier molecular flexibility index (Phi) is 8.16. The number of amides is 3. The quantitative estimate of drug-likeness (QED) is 0.500. The molecule has 7 heteroatoms. The minimum Gasteiger partial charge on any atom is -0.355 e. The van der Waals surface area contributed by atoms with Crippen LogP contribution in [0.15, 0.2) is 78.9 Å². The van der Waals surface area contributed by atoms with E-state index in [0.29, 0.717) is 41.5 Å². The van der Waals surface area contributed by atoms with Crippen LogP contribution < -0.4 is 10.6 Å². The monoisotopic (exact) mass is 489 g/mol. The van der Waals surface area contributed by atoms with Crippen molar-refractivity contribution in [2.24, 2.45) is 5.92 Å². The van der Waals surface area contributed by atoms with Crippen LogP contribution >= 0.6 is 11.6 Å². The lowest BCUT2D eigenvalue weighted by atomic mass is 9.96. The minimum absolute atomic E-state index is 0.0146. The predicted molar refractivity (Wildman–Crippen MR) is 138 cm³/mol. The topological polar surface area (TPSA) is 78.5 Å². The van der Waals surface area contributed by atoms with E-state index in [4.69, 9.17) is 11.6 Å². The average Bonchev–Trinajstić information content (AvgIpc) is 2.89. The van der Waals surface area contributed by atoms with E-state index >= 15 is 0 Å². The molecular formula is C28H28ClN3O3. The fourth-order valence-electron chi connectivity index (χ4n) is 4.25. The van der Waals surface area contributed by atoms with Crippen molar-refractivity contribution in [1.29, 1.82) is 0 Å². The molecule has 2 N–H and O–H groups in total. The molecule has 35 heavy (non-hydrogen) atoms. The van der Waals surface area contributed by atoms with Crippen molar-refractivity contribution in [1.82, 2.24) is 10.2 Å². The molecule has 3 amide bonds. The van der Waals surface area contributed by atoms with Crippen molar-refractivity contribution in [2.45, 2.75) is 19.3 Å². The molecule has 0 aromatic heterocycles. The standard InChI is InChI=1S/C28H28ClN3O3/c29-25-14-5-4-13-24(25)27(34)31-23-12-6-10-21(18-23)28(35)32-17-7-11-22(19-32)26(33)30-16-15-20-8-2-1-3-9-20/h1-6,8-10,12-14,18,22H,7,11,15-17,19H2,(H,30,33)(H,31,34). The Labute approximate surface area is 210 Å². The van der Waals surface area contributed by atoms with E-state index in [2.05, 4.69) is 10.6 Å². The summed E-state index contributed by atoms with van der Waals surface area (Å²) in [5, 5.41) is 6.18. The third kappa shape index (κ3) is 6.49. The number of likely N-dealkylation sites (tertiary alicyclic amines) is 1. The number of halogens is 1. The summed E-state index contributed by atoms with van der Waals surface area (Å²) in [4.78, 5) is 40.2. The lowest BCUT2D eigenvalue weighted by Crippen LogP contribution is -2.45. The number of carbonyl (C=O) groups excluding carboxylic acids is 3. The predicted octanol–water partition coefficient (Wildman–Crippen LogP) is 4.80. The highest BCUT2D eigenvalue weighted by Crippen LogP contribution is 2.22. The van der Waals surface area contributed by atoms with Gasteiger partial charge in [-0.1, -0.05) is 60.1 Å². The molecule has 6 nitrogen and oxygen atoms in total. The first-order chi connectivity index (χ1) is 17.0. The zero-order valence-electron chi connectivity index (χ0n) is 19.4. The van der Waals surface area contributed by atoms with Crippen LogP contribution in [0.3, 0.4) is 0 Å². The lowest BCUT2D eigenvalue weighted by Gasteiger charge is -2.32. The van der Waals surface area contributed by atoms with Gasteiger partial charge in [0.2, 0.25) is 5.91 Å². The van der Waals surface area contributed by atoms with Crippen LogP contribution in [0, 0.1) is 5.92 Å². The minimum atomic E-state index is -0.342. The van der Waals surface area contributed by atoms with Crippen LogP contribution in [0.2, 0.25) is 5.02 Å². The second kappa shape index (κ2) is 11.7. The zero-order chi connectivity index (χ0) is 24.6. The first kappa shape index (κ1) is 24.5. The molecule has 1 atom stereocenters. The normalized spacial score (nSPS) is 15.3. The highest BCUT2D eigenvalue weighted by atomic mass is 35.5. The van der Waals surface area contributed by atoms with E-state index in [1.807, 2.05) is 30.3 Å². The number of anilines is 1. The molecule has 1 fully saturated rings. The number of hydrogen-bond acceptors (Lipinski definition) is 3. The van der Waals surface area contributed by atoms with E-state index in [9.17, 15) is 14.4 Å². The second-order valence-electron chi connectivity index (χ2n) is 8.63. The average molecular weight is 490 g/mol. The Morgan fingerprint density at radius 3 is 2.51 bits per heavy atom. The summed E-state index contributed by atoms with van der Waals surface area (Å²) < 4.78 is 0. The Bertz CT molecular complexity index is 1200. The number of benzene rings is 3. The number of nitrogens with zero attached hydrogens (tertiary/aromatic N) is 1. The number of carbonyl (C=O) groups is 3. The molecule has 0 aliphatic carbocycles. The molecule has 1 saturated heterocycles. The van der Waals surface area contributed by atoms with Crippen LogP contribution in [0.1, 0.15) is 39.1 Å². The first-order valence-electron chi connectivity index (χ1n) is 11.8. The van der Waals surface area contributed by atoms with E-state index in [1.54, 1.807) is 53.4 Å². The third-order valence-corrected chi connectivity index (χ3v) is 6.45. The van der Waals surface area contributed by atoms with Crippen molar-refractivity contribution in [3.05, 3.63) is 101 Å². The maximum absolute atomic E-state index is 13.2. The van der Waals surface area contributed by atoms with Crippen LogP contribution in [0.5, 0.6) is 0 Å². The molecule has 1 heterocycles. The molecule has 0 bridgehead atoms. The molecule has 4 rings (SSSR count). The van der Waals surface area contributed by atoms with Gasteiger partial charge in [-0.3, -0.25) is 14.4 Å². The SMILES string of the molecule is O=C(Nc1cccc(C(=O)N2CCCC(C(=O)NCCc3ccccc3)C2)c1)c1ccccc1Cl. The Morgan fingerprint density at radius 2 is 1.71 bits per heavy atom. The van der Waals surface area contributed by atoms with E-state index in [0.717, 1.165) is 19.3 Å². The van der Waals surface area contributed by atoms with E-state index in [1.165, 1.54) is 5.56 Å². The molecule has 180 valence electrons. The van der Waals surface area contributed by atoms with E-state index in [-0.39, 0.29) is 23.6 Å². The van der Waals surface area contributed by atoms with Crippen LogP contribution in [0.25, 0.3) is 0 Å². The van der Waals surface area contributed by atoms with Gasteiger partial charge in [-0.25, -0.2) is 0 Å². The van der Waals surface area contributed by atoms with Crippen LogP contribution in [-0.2, 0) is 11.2 Å². The van der Waals surface area contributed by atoms with Gasteiger partial charge in [-0.15, -0.1) is 0 Å². The van der Waals surface area contributed by atoms with Crippen molar-refractivity contribution in [3.63, 3.8) is 0 Å². The van der Waals surface area contributed by atoms with Gasteiger partial charge in [-0.2, -0.15) is 0 Å². The molecule has 0 radical (unpaired) electrons. The maximum atomic E-state index is 13.2. The fourth-order valence-corrected chi connectivity index (χ4v) is 4.47. The molecule has 1 aliphatic rings. The van der Waals surface area contributed by atoms with Gasteiger partial charge in [0, 0.05) is 30.9 Å². The molecule has 1 unspecified atom stereocenters.